The maximum Gasteiger partial charge on any atom is 0.501 e. The summed E-state index contributed by atoms with van der Waals surface area (Å²) in [6, 6.07) is 17.8. The number of likely N-dealkylation sites (N-methyl/N-ethyl adjacent to an activating group) is 1. The summed E-state index contributed by atoms with van der Waals surface area (Å²) in [7, 11) is -2.61. The van der Waals surface area contributed by atoms with Crippen molar-refractivity contribution in [1.29, 1.82) is 0 Å². The number of halogens is 1. The lowest BCUT2D eigenvalue weighted by molar-refractivity contribution is -0.271. The minimum atomic E-state index is -5.43. The summed E-state index contributed by atoms with van der Waals surface area (Å²) in [4.78, 5) is 97.7. The molecule has 2 fully saturated rings. The number of ether oxygens (including phenoxy) is 7. The third-order valence-corrected chi connectivity index (χ3v) is 17.5. The van der Waals surface area contributed by atoms with Crippen molar-refractivity contribution in [3.63, 3.8) is 0 Å². The van der Waals surface area contributed by atoms with Gasteiger partial charge in [0, 0.05) is 85.5 Å². The molecule has 0 saturated carbocycles. The van der Waals surface area contributed by atoms with E-state index in [1.54, 1.807) is 30.6 Å². The van der Waals surface area contributed by atoms with Crippen molar-refractivity contribution in [1.82, 2.24) is 34.2 Å². The van der Waals surface area contributed by atoms with Crippen LogP contribution in [0.3, 0.4) is 0 Å². The number of nitrogens with zero attached hydrogens (tertiary/aromatic N) is 8. The topological polar surface area (TPSA) is 456 Å². The van der Waals surface area contributed by atoms with Gasteiger partial charge in [0.05, 0.1) is 58.5 Å². The Morgan fingerprint density at radius 1 is 0.687 bits per heavy atom. The minimum absolute atomic E-state index is 0.00770. The molecule has 4 amide bonds. The van der Waals surface area contributed by atoms with E-state index in [0.717, 1.165) is 17.0 Å². The van der Waals surface area contributed by atoms with Crippen molar-refractivity contribution in [3.05, 3.63) is 143 Å². The molecular formula is C63H63ClN8O26S. The van der Waals surface area contributed by atoms with Crippen LogP contribution < -0.4 is 27.5 Å². The molecule has 524 valence electrons. The number of methoxy groups -OCH3 is 1. The average molecular weight is 1420 g/mol. The predicted octanol–water partition coefficient (Wildman–Crippen LogP) is -0.0292. The lowest BCUT2D eigenvalue weighted by atomic mass is 9.95. The maximum absolute atomic E-state index is 14.8. The smallest absolute Gasteiger partial charge is 0.497 e. The van der Waals surface area contributed by atoms with Gasteiger partial charge in [0.15, 0.2) is 35.2 Å². The summed E-state index contributed by atoms with van der Waals surface area (Å²) in [5.41, 5.74) is 1.82. The van der Waals surface area contributed by atoms with E-state index in [9.17, 15) is 82.8 Å². The normalized spacial score (nSPS) is 22.9. The van der Waals surface area contributed by atoms with E-state index in [1.807, 2.05) is 0 Å². The van der Waals surface area contributed by atoms with Crippen LogP contribution >= 0.6 is 11.6 Å². The highest BCUT2D eigenvalue weighted by atomic mass is 35.5. The first-order chi connectivity index (χ1) is 47.3. The molecule has 0 radical (unpaired) electrons. The Morgan fingerprint density at radius 2 is 1.33 bits per heavy atom. The third-order valence-electron chi connectivity index (χ3n) is 16.4. The molecule has 99 heavy (non-hydrogen) atoms. The van der Waals surface area contributed by atoms with Gasteiger partial charge in [-0.25, -0.2) is 19.3 Å². The number of hydrogen-bond donors (Lipinski definition) is 8. The highest BCUT2D eigenvalue weighted by molar-refractivity contribution is 7.82. The second-order valence-corrected chi connectivity index (χ2v) is 24.5. The molecule has 8 N–H and O–H groups in total. The van der Waals surface area contributed by atoms with E-state index in [2.05, 4.69) is 15.3 Å². The molecule has 0 spiro atoms. The zero-order chi connectivity index (χ0) is 70.7. The SMILES string of the molecule is COc1ccc2c(OS(=O)(=O)Oc3cc(C(=O)N(C)CCOCCn4cc(COCCN5C(=O)C=CC5=O)nn4)ccc3O[C@@H]3O[C@H](C(=O)O)[C@@H](O)[C@H](O)[C@H]3O)cc3c(c2c1)[C@H](CCl)CN3C(=O)c1cn2cc(CC(=O)c3ccc(O[C@@H]4OC(C(=O)O)[C@@H](O)[C@H](O)[C@H]4O)cc3)ccc2n1. The van der Waals surface area contributed by atoms with E-state index in [0.29, 0.717) is 33.6 Å². The van der Waals surface area contributed by atoms with Crippen LogP contribution in [0.4, 0.5) is 5.69 Å². The van der Waals surface area contributed by atoms with Gasteiger partial charge in [0.2, 0.25) is 12.6 Å². The van der Waals surface area contributed by atoms with Gasteiger partial charge in [-0.2, -0.15) is 0 Å². The molecule has 4 aliphatic heterocycles. The Balaban J connectivity index is 0.791. The van der Waals surface area contributed by atoms with Crippen molar-refractivity contribution in [2.45, 2.75) is 86.9 Å². The van der Waals surface area contributed by atoms with Gasteiger partial charge in [-0.1, -0.05) is 11.3 Å². The second-order valence-electron chi connectivity index (χ2n) is 23.0. The van der Waals surface area contributed by atoms with Gasteiger partial charge in [-0.3, -0.25) is 28.9 Å². The second kappa shape index (κ2) is 29.8. The number of aliphatic carboxylic acids is 2. The Morgan fingerprint density at radius 3 is 2.00 bits per heavy atom. The number of carbonyl (C=O) groups excluding carboxylic acids is 5. The number of ketones is 1. The van der Waals surface area contributed by atoms with Crippen molar-refractivity contribution in [2.75, 3.05) is 64.4 Å². The highest BCUT2D eigenvalue weighted by Gasteiger charge is 2.50. The van der Waals surface area contributed by atoms with Crippen LogP contribution in [0.15, 0.2) is 110 Å². The molecule has 3 aromatic heterocycles. The van der Waals surface area contributed by atoms with Gasteiger partial charge in [-0.15, -0.1) is 25.1 Å². The molecule has 7 aromatic rings. The van der Waals surface area contributed by atoms with Crippen molar-refractivity contribution >= 4 is 85.5 Å². The number of carboxylic acid groups (broad SMARTS) is 2. The van der Waals surface area contributed by atoms with E-state index >= 15 is 0 Å². The van der Waals surface area contributed by atoms with Crippen LogP contribution in [-0.4, -0.2) is 246 Å². The molecule has 11 atom stereocenters. The minimum Gasteiger partial charge on any atom is -0.497 e. The summed E-state index contributed by atoms with van der Waals surface area (Å²) >= 11 is 6.62. The summed E-state index contributed by atoms with van der Waals surface area (Å²) in [6.45, 7) is 0.484. The summed E-state index contributed by atoms with van der Waals surface area (Å²) in [5, 5.41) is 90.2. The summed E-state index contributed by atoms with van der Waals surface area (Å²) in [6.07, 6.45) is -13.0. The first-order valence-corrected chi connectivity index (χ1v) is 32.1. The number of pyridine rings is 1. The molecule has 4 aromatic carbocycles. The third kappa shape index (κ3) is 15.4. The first kappa shape index (κ1) is 70.6. The number of aliphatic hydroxyl groups excluding tert-OH is 6. The lowest BCUT2D eigenvalue weighted by Gasteiger charge is -2.38. The molecule has 4 aliphatic rings. The van der Waals surface area contributed by atoms with Gasteiger partial charge in [-0.05, 0) is 83.2 Å². The number of carbonyl (C=O) groups is 7. The molecular weight excluding hydrogens is 1350 g/mol. The molecule has 11 rings (SSSR count). The number of benzene rings is 4. The van der Waals surface area contributed by atoms with E-state index in [1.165, 1.54) is 99.9 Å². The molecule has 0 bridgehead atoms. The van der Waals surface area contributed by atoms with Crippen LogP contribution in [0, 0.1) is 0 Å². The zero-order valence-corrected chi connectivity index (χ0v) is 53.7. The molecule has 2 saturated heterocycles. The number of anilines is 1. The van der Waals surface area contributed by atoms with Crippen LogP contribution in [0.1, 0.15) is 53.9 Å². The summed E-state index contributed by atoms with van der Waals surface area (Å²) in [5.74, 6) is -7.99. The molecule has 0 aliphatic carbocycles. The van der Waals surface area contributed by atoms with Gasteiger partial charge in [0.1, 0.15) is 65.2 Å². The number of alkyl halides is 1. The maximum atomic E-state index is 14.8. The van der Waals surface area contributed by atoms with Gasteiger partial charge < -0.3 is 96.6 Å². The van der Waals surface area contributed by atoms with Crippen LogP contribution in [0.2, 0.25) is 0 Å². The van der Waals surface area contributed by atoms with Crippen LogP contribution in [0.25, 0.3) is 16.4 Å². The number of imidazole rings is 1. The van der Waals surface area contributed by atoms with Gasteiger partial charge >= 0.3 is 22.3 Å². The molecule has 34 nitrogen and oxygen atoms in total. The first-order valence-electron chi connectivity index (χ1n) is 30.2. The summed E-state index contributed by atoms with van der Waals surface area (Å²) < 4.78 is 82.0. The van der Waals surface area contributed by atoms with E-state index in [4.69, 9.17) is 53.1 Å². The predicted molar refractivity (Wildman–Crippen MR) is 335 cm³/mol. The Labute approximate surface area is 565 Å². The Bertz CT molecular complexity index is 4380. The van der Waals surface area contributed by atoms with Crippen molar-refractivity contribution in [3.8, 4) is 28.7 Å². The quantitative estimate of drug-likeness (QED) is 0.0138. The van der Waals surface area contributed by atoms with E-state index in [-0.39, 0.29) is 104 Å². The fraction of sp³-hybridized carbons (Fsp3) is 0.365. The fourth-order valence-corrected chi connectivity index (χ4v) is 12.2. The van der Waals surface area contributed by atoms with E-state index < -0.39 is 131 Å². The largest absolute Gasteiger partial charge is 0.501 e. The number of fused-ring (bicyclic) bond motifs is 4. The number of amides is 4. The molecule has 7 heterocycles. The highest BCUT2D eigenvalue weighted by Crippen LogP contribution is 2.48. The zero-order valence-electron chi connectivity index (χ0n) is 52.1. The number of rotatable bonds is 28. The van der Waals surface area contributed by atoms with Crippen molar-refractivity contribution < 1.29 is 124 Å². The van der Waals surface area contributed by atoms with Crippen LogP contribution in [0.5, 0.6) is 28.7 Å². The number of hydrogen-bond acceptors (Lipinski definition) is 27. The monoisotopic (exact) mass is 1410 g/mol. The number of Topliss-reactive ketones (excluding diaryl/α,β-unsaturated/α-hetero) is 1. The number of aromatic nitrogens is 5. The molecule has 1 unspecified atom stereocenters. The average Bonchev–Trinajstić information content (AvgIpc) is 1.64. The lowest BCUT2D eigenvalue weighted by Crippen LogP contribution is -2.61. The Hall–Kier alpha value is -9.76. The number of carboxylic acids is 2. The Kier molecular flexibility index (Phi) is 21.2. The fourth-order valence-electron chi connectivity index (χ4n) is 11.2. The van der Waals surface area contributed by atoms with Crippen molar-refractivity contribution in [2.24, 2.45) is 0 Å². The molecule has 36 heteroatoms. The standard InChI is InChI=1S/C63H63ClN8O26S/c1-68(15-18-91-19-16-70-28-35(66-67-70)30-92-20-17-71-47(74)13-14-48(71)75)58(82)33-6-11-43(94-63-55(81)51(77)53(79)57(96-63)61(86)87)45(22-33)98-99(88,89)97-44-24-41-49(39-23-37(90-2)9-10-38(39)44)34(25-64)27-72(41)59(83)40-29-69-26-31(3-12-46(69)65-40)21-42(73)32-4-7-36(8-5-32)93-62-54(80)50(76)52(78)56(95-62)60(84)85/h3-14,22-24,26,28-29,34,50-57,62-63,76-81H,15-21,25,27,30H2,1-2H3,(H,84,85)(H,86,87)/t34-,50+,51+,52+,53+,54-,55-,56?,57+,62-,63-/m1/s1. The number of imide groups is 1. The van der Waals surface area contributed by atoms with Gasteiger partial charge in [0.25, 0.3) is 23.6 Å². The number of aliphatic hydroxyl groups is 6. The van der Waals surface area contributed by atoms with Crippen LogP contribution in [-0.2, 0) is 68.1 Å².